The monoisotopic (exact) mass is 363 g/mol. The molecule has 26 heavy (non-hydrogen) atoms. The molecular weight excluding hydrogens is 346 g/mol. The molecule has 6 heteroatoms. The van der Waals surface area contributed by atoms with Gasteiger partial charge in [0, 0.05) is 17.1 Å². The second-order valence-corrected chi connectivity index (χ2v) is 6.27. The van der Waals surface area contributed by atoms with Gasteiger partial charge in [0.05, 0.1) is 18.0 Å². The molecule has 3 rings (SSSR count). The van der Waals surface area contributed by atoms with Gasteiger partial charge in [-0.1, -0.05) is 36.4 Å². The van der Waals surface area contributed by atoms with Gasteiger partial charge in [-0.15, -0.1) is 11.3 Å². The number of aromatic nitrogens is 1. The molecule has 0 fully saturated rings. The molecule has 130 valence electrons. The maximum absolute atomic E-state index is 11.9. The Hall–Kier alpha value is -3.17. The number of nitriles is 1. The molecule has 0 atom stereocenters. The summed E-state index contributed by atoms with van der Waals surface area (Å²) < 4.78 is 5.02. The number of thiazole rings is 1. The van der Waals surface area contributed by atoms with Crippen LogP contribution in [0.15, 0.2) is 65.8 Å². The van der Waals surface area contributed by atoms with Gasteiger partial charge in [-0.3, -0.25) is 4.79 Å². The molecule has 1 aromatic carbocycles. The third-order valence-electron chi connectivity index (χ3n) is 3.70. The van der Waals surface area contributed by atoms with E-state index >= 15 is 0 Å². The maximum atomic E-state index is 11.9. The first-order valence-corrected chi connectivity index (χ1v) is 9.03. The number of nitrogens with zero attached hydrogens (tertiary/aromatic N) is 3. The van der Waals surface area contributed by atoms with Gasteiger partial charge in [-0.25, -0.2) is 4.98 Å². The Kier molecular flexibility index (Phi) is 5.62. The molecule has 1 aliphatic heterocycles. The summed E-state index contributed by atoms with van der Waals surface area (Å²) in [7, 11) is 0. The third-order valence-corrected chi connectivity index (χ3v) is 4.56. The Morgan fingerprint density at radius 3 is 2.85 bits per heavy atom. The highest BCUT2D eigenvalue weighted by Crippen LogP contribution is 2.30. The SMILES string of the molecule is CCOC(=O)CN1C=CC=C/C1=C(/C#N)c1nc(-c2ccccc2)cs1. The Labute approximate surface area is 156 Å². The molecule has 1 aromatic heterocycles. The van der Waals surface area contributed by atoms with Crippen LogP contribution in [0, 0.1) is 11.3 Å². The van der Waals surface area contributed by atoms with Crippen LogP contribution in [0.4, 0.5) is 0 Å². The molecule has 0 saturated carbocycles. The standard InChI is InChI=1S/C20H17N3O2S/c1-2-25-19(24)13-23-11-7-6-10-18(23)16(12-21)20-22-17(14-26-20)15-8-4-3-5-9-15/h3-11,14H,2,13H2,1H3/b18-16+. The lowest BCUT2D eigenvalue weighted by atomic mass is 10.1. The van der Waals surface area contributed by atoms with Crippen molar-refractivity contribution in [2.45, 2.75) is 6.92 Å². The molecule has 0 N–H and O–H groups in total. The van der Waals surface area contributed by atoms with Gasteiger partial charge in [-0.2, -0.15) is 5.26 Å². The predicted molar refractivity (Wildman–Crippen MR) is 102 cm³/mol. The first kappa shape index (κ1) is 17.6. The quantitative estimate of drug-likeness (QED) is 0.593. The molecule has 1 aliphatic rings. The maximum Gasteiger partial charge on any atom is 0.325 e. The van der Waals surface area contributed by atoms with E-state index in [0.29, 0.717) is 22.9 Å². The van der Waals surface area contributed by atoms with Crippen molar-refractivity contribution in [1.29, 1.82) is 5.26 Å². The molecule has 2 heterocycles. The topological polar surface area (TPSA) is 66.2 Å². The van der Waals surface area contributed by atoms with Crippen molar-refractivity contribution in [1.82, 2.24) is 9.88 Å². The zero-order valence-corrected chi connectivity index (χ0v) is 15.1. The molecule has 0 aliphatic carbocycles. The second kappa shape index (κ2) is 8.28. The first-order valence-electron chi connectivity index (χ1n) is 8.15. The number of benzene rings is 1. The number of hydrogen-bond acceptors (Lipinski definition) is 6. The smallest absolute Gasteiger partial charge is 0.325 e. The molecule has 0 bridgehead atoms. The van der Waals surface area contributed by atoms with Gasteiger partial charge in [0.25, 0.3) is 0 Å². The number of esters is 1. The first-order chi connectivity index (χ1) is 12.7. The molecule has 5 nitrogen and oxygen atoms in total. The largest absolute Gasteiger partial charge is 0.465 e. The van der Waals surface area contributed by atoms with Crippen LogP contribution in [0.1, 0.15) is 11.9 Å². The van der Waals surface area contributed by atoms with Crippen LogP contribution >= 0.6 is 11.3 Å². The van der Waals surface area contributed by atoms with E-state index in [9.17, 15) is 10.1 Å². The van der Waals surface area contributed by atoms with Gasteiger partial charge in [0.1, 0.15) is 23.2 Å². The van der Waals surface area contributed by atoms with Gasteiger partial charge < -0.3 is 9.64 Å². The van der Waals surface area contributed by atoms with Crippen molar-refractivity contribution in [3.8, 4) is 17.3 Å². The van der Waals surface area contributed by atoms with E-state index in [0.717, 1.165) is 11.3 Å². The third kappa shape index (κ3) is 3.90. The average Bonchev–Trinajstić information content (AvgIpc) is 3.14. The molecule has 0 radical (unpaired) electrons. The minimum atomic E-state index is -0.341. The van der Waals surface area contributed by atoms with Crippen molar-refractivity contribution in [3.05, 3.63) is 70.8 Å². The lowest BCUT2D eigenvalue weighted by Gasteiger charge is -2.23. The van der Waals surface area contributed by atoms with E-state index in [2.05, 4.69) is 11.1 Å². The van der Waals surface area contributed by atoms with Gasteiger partial charge in [0.2, 0.25) is 0 Å². The number of rotatable bonds is 5. The van der Waals surface area contributed by atoms with Crippen molar-refractivity contribution < 1.29 is 9.53 Å². The van der Waals surface area contributed by atoms with Crippen LogP contribution in [0.5, 0.6) is 0 Å². The van der Waals surface area contributed by atoms with Crippen LogP contribution in [-0.2, 0) is 9.53 Å². The summed E-state index contributed by atoms with van der Waals surface area (Å²) in [6.07, 6.45) is 7.21. The molecule has 0 unspecified atom stereocenters. The zero-order valence-electron chi connectivity index (χ0n) is 14.3. The predicted octanol–water partition coefficient (Wildman–Crippen LogP) is 3.99. The Balaban J connectivity index is 1.94. The van der Waals surface area contributed by atoms with Crippen LogP contribution in [-0.4, -0.2) is 29.0 Å². The van der Waals surface area contributed by atoms with Gasteiger partial charge in [0.15, 0.2) is 0 Å². The van der Waals surface area contributed by atoms with Crippen LogP contribution in [0.3, 0.4) is 0 Å². The lowest BCUT2D eigenvalue weighted by molar-refractivity contribution is -0.143. The molecule has 0 saturated heterocycles. The molecule has 2 aromatic rings. The Bertz CT molecular complexity index is 920. The van der Waals surface area contributed by atoms with Crippen LogP contribution < -0.4 is 0 Å². The molecule has 0 amide bonds. The fourth-order valence-corrected chi connectivity index (χ4v) is 3.36. The van der Waals surface area contributed by atoms with E-state index in [4.69, 9.17) is 4.74 Å². The fourth-order valence-electron chi connectivity index (χ4n) is 2.53. The van der Waals surface area contributed by atoms with Crippen molar-refractivity contribution >= 4 is 22.9 Å². The van der Waals surface area contributed by atoms with Crippen LogP contribution in [0.25, 0.3) is 16.8 Å². The summed E-state index contributed by atoms with van der Waals surface area (Å²) in [5, 5.41) is 12.3. The molecule has 0 spiro atoms. The van der Waals surface area contributed by atoms with E-state index in [1.165, 1.54) is 11.3 Å². The number of carbonyl (C=O) groups is 1. The minimum absolute atomic E-state index is 0.0477. The zero-order chi connectivity index (χ0) is 18.4. The summed E-state index contributed by atoms with van der Waals surface area (Å²) in [6, 6.07) is 12.1. The molecular formula is C20H17N3O2S. The van der Waals surface area contributed by atoms with Gasteiger partial charge >= 0.3 is 5.97 Å². The van der Waals surface area contributed by atoms with E-state index in [1.54, 1.807) is 24.1 Å². The highest BCUT2D eigenvalue weighted by molar-refractivity contribution is 7.11. The summed E-state index contributed by atoms with van der Waals surface area (Å²) in [5.41, 5.74) is 2.89. The average molecular weight is 363 g/mol. The van der Waals surface area contributed by atoms with E-state index < -0.39 is 0 Å². The number of hydrogen-bond donors (Lipinski definition) is 0. The number of allylic oxidation sites excluding steroid dienone is 4. The summed E-state index contributed by atoms with van der Waals surface area (Å²) in [4.78, 5) is 18.2. The second-order valence-electron chi connectivity index (χ2n) is 5.41. The Morgan fingerprint density at radius 1 is 1.31 bits per heavy atom. The fraction of sp³-hybridized carbons (Fsp3) is 0.150. The number of ether oxygens (including phenoxy) is 1. The van der Waals surface area contributed by atoms with E-state index in [-0.39, 0.29) is 12.5 Å². The van der Waals surface area contributed by atoms with E-state index in [1.807, 2.05) is 47.9 Å². The van der Waals surface area contributed by atoms with Crippen molar-refractivity contribution in [2.75, 3.05) is 13.2 Å². The van der Waals surface area contributed by atoms with Crippen molar-refractivity contribution in [2.24, 2.45) is 0 Å². The highest BCUT2D eigenvalue weighted by atomic mass is 32.1. The lowest BCUT2D eigenvalue weighted by Crippen LogP contribution is -2.27. The normalized spacial score (nSPS) is 14.8. The summed E-state index contributed by atoms with van der Waals surface area (Å²) in [5.74, 6) is -0.341. The van der Waals surface area contributed by atoms with Crippen LogP contribution in [0.2, 0.25) is 0 Å². The summed E-state index contributed by atoms with van der Waals surface area (Å²) in [6.45, 7) is 2.14. The highest BCUT2D eigenvalue weighted by Gasteiger charge is 2.20. The number of carbonyl (C=O) groups excluding carboxylic acids is 1. The minimum Gasteiger partial charge on any atom is -0.465 e. The van der Waals surface area contributed by atoms with Crippen molar-refractivity contribution in [3.63, 3.8) is 0 Å². The Morgan fingerprint density at radius 2 is 2.12 bits per heavy atom. The summed E-state index contributed by atoms with van der Waals surface area (Å²) >= 11 is 1.41. The van der Waals surface area contributed by atoms with Gasteiger partial charge in [-0.05, 0) is 19.1 Å².